The molecular weight excluding hydrogens is 222 g/mol. The van der Waals surface area contributed by atoms with Crippen LogP contribution in [0.25, 0.3) is 0 Å². The van der Waals surface area contributed by atoms with Crippen LogP contribution in [0.15, 0.2) is 30.3 Å². The summed E-state index contributed by atoms with van der Waals surface area (Å²) in [5.74, 6) is -0.364. The molecule has 1 aliphatic heterocycles. The molecule has 0 saturated carbocycles. The highest BCUT2D eigenvalue weighted by Gasteiger charge is 2.37. The maximum absolute atomic E-state index is 11.2. The molecule has 1 aromatic carbocycles. The van der Waals surface area contributed by atoms with E-state index >= 15 is 0 Å². The van der Waals surface area contributed by atoms with Crippen LogP contribution in [0.4, 0.5) is 4.79 Å². The zero-order chi connectivity index (χ0) is 12.3. The summed E-state index contributed by atoms with van der Waals surface area (Å²) in [6.45, 7) is 0. The van der Waals surface area contributed by atoms with Crippen molar-refractivity contribution >= 4 is 12.1 Å². The highest BCUT2D eigenvalue weighted by Crippen LogP contribution is 2.22. The molecule has 0 spiro atoms. The molecule has 90 valence electrons. The third-order valence-corrected chi connectivity index (χ3v) is 2.61. The minimum absolute atomic E-state index is 0.0699. The molecule has 5 nitrogen and oxygen atoms in total. The van der Waals surface area contributed by atoms with Gasteiger partial charge in [-0.2, -0.15) is 0 Å². The van der Waals surface area contributed by atoms with E-state index in [4.69, 9.17) is 15.2 Å². The van der Waals surface area contributed by atoms with Crippen LogP contribution in [0.5, 0.6) is 0 Å². The van der Waals surface area contributed by atoms with Gasteiger partial charge in [0.2, 0.25) is 0 Å². The summed E-state index contributed by atoms with van der Waals surface area (Å²) in [6, 6.07) is 9.55. The first-order valence-electron chi connectivity index (χ1n) is 5.34. The molecule has 0 aromatic heterocycles. The fourth-order valence-corrected chi connectivity index (χ4v) is 1.87. The van der Waals surface area contributed by atoms with Gasteiger partial charge in [-0.1, -0.05) is 30.3 Å². The number of hydrogen-bond acceptors (Lipinski definition) is 4. The number of carbonyl (C=O) groups is 2. The number of cyclic esters (lactones) is 1. The number of rotatable bonds is 3. The summed E-state index contributed by atoms with van der Waals surface area (Å²) in [7, 11) is 0. The van der Waals surface area contributed by atoms with Crippen LogP contribution in [-0.2, 0) is 20.7 Å². The lowest BCUT2D eigenvalue weighted by Crippen LogP contribution is -2.31. The third kappa shape index (κ3) is 2.96. The fraction of sp³-hybridized carbons (Fsp3) is 0.333. The van der Waals surface area contributed by atoms with Gasteiger partial charge in [-0.15, -0.1) is 0 Å². The topological polar surface area (TPSA) is 78.6 Å². The zero-order valence-corrected chi connectivity index (χ0v) is 9.17. The van der Waals surface area contributed by atoms with Crippen molar-refractivity contribution in [3.05, 3.63) is 35.9 Å². The van der Waals surface area contributed by atoms with Gasteiger partial charge in [0, 0.05) is 6.42 Å². The molecule has 1 saturated heterocycles. The molecule has 0 bridgehead atoms. The molecule has 2 atom stereocenters. The second kappa shape index (κ2) is 4.86. The summed E-state index contributed by atoms with van der Waals surface area (Å²) in [5.41, 5.74) is 5.96. The van der Waals surface area contributed by atoms with E-state index in [1.165, 1.54) is 0 Å². The Morgan fingerprint density at radius 2 is 2.12 bits per heavy atom. The largest absolute Gasteiger partial charge is 0.458 e. The van der Waals surface area contributed by atoms with E-state index in [1.807, 2.05) is 30.3 Å². The van der Waals surface area contributed by atoms with Crippen molar-refractivity contribution in [3.8, 4) is 0 Å². The lowest BCUT2D eigenvalue weighted by atomic mass is 10.0. The SMILES string of the molecule is NC(=O)OC1CC(=O)O[C@H]1Cc1ccccc1. The van der Waals surface area contributed by atoms with E-state index in [0.717, 1.165) is 5.56 Å². The standard InChI is InChI=1S/C12H13NO4/c13-12(15)17-10-7-11(14)16-9(10)6-8-4-2-1-3-5-8/h1-5,9-10H,6-7H2,(H2,13,15)/t9-,10?/m0/s1. The Kier molecular flexibility index (Phi) is 3.27. The van der Waals surface area contributed by atoms with Crippen molar-refractivity contribution in [1.29, 1.82) is 0 Å². The van der Waals surface area contributed by atoms with Gasteiger partial charge in [0.25, 0.3) is 0 Å². The van der Waals surface area contributed by atoms with Crippen molar-refractivity contribution in [3.63, 3.8) is 0 Å². The maximum atomic E-state index is 11.2. The number of amides is 1. The first kappa shape index (κ1) is 11.4. The van der Waals surface area contributed by atoms with Gasteiger partial charge >= 0.3 is 12.1 Å². The van der Waals surface area contributed by atoms with Crippen LogP contribution >= 0.6 is 0 Å². The fourth-order valence-electron chi connectivity index (χ4n) is 1.87. The molecular formula is C12H13NO4. The maximum Gasteiger partial charge on any atom is 0.404 e. The van der Waals surface area contributed by atoms with Crippen molar-refractivity contribution in [2.75, 3.05) is 0 Å². The van der Waals surface area contributed by atoms with Crippen LogP contribution in [-0.4, -0.2) is 24.3 Å². The summed E-state index contributed by atoms with van der Waals surface area (Å²) >= 11 is 0. The Bertz CT molecular complexity index is 418. The summed E-state index contributed by atoms with van der Waals surface area (Å²) in [4.78, 5) is 21.9. The lowest BCUT2D eigenvalue weighted by molar-refractivity contribution is -0.141. The Labute approximate surface area is 98.5 Å². The van der Waals surface area contributed by atoms with Gasteiger partial charge in [0.1, 0.15) is 6.10 Å². The molecule has 1 fully saturated rings. The number of carbonyl (C=O) groups excluding carboxylic acids is 2. The van der Waals surface area contributed by atoms with Crippen LogP contribution in [0, 0.1) is 0 Å². The quantitative estimate of drug-likeness (QED) is 0.793. The van der Waals surface area contributed by atoms with E-state index in [0.29, 0.717) is 6.42 Å². The second-order valence-corrected chi connectivity index (χ2v) is 3.90. The number of nitrogens with two attached hydrogens (primary N) is 1. The average molecular weight is 235 g/mol. The van der Waals surface area contributed by atoms with E-state index in [-0.39, 0.29) is 12.4 Å². The van der Waals surface area contributed by atoms with E-state index in [9.17, 15) is 9.59 Å². The minimum Gasteiger partial charge on any atom is -0.458 e. The van der Waals surface area contributed by atoms with Crippen LogP contribution in [0.3, 0.4) is 0 Å². The smallest absolute Gasteiger partial charge is 0.404 e. The Hall–Kier alpha value is -2.04. The number of esters is 1. The number of ether oxygens (including phenoxy) is 2. The van der Waals surface area contributed by atoms with Gasteiger partial charge in [-0.05, 0) is 5.56 Å². The van der Waals surface area contributed by atoms with Crippen molar-refractivity contribution < 1.29 is 19.1 Å². The number of benzene rings is 1. The van der Waals surface area contributed by atoms with E-state index in [2.05, 4.69) is 0 Å². The van der Waals surface area contributed by atoms with Gasteiger partial charge in [-0.25, -0.2) is 4.79 Å². The second-order valence-electron chi connectivity index (χ2n) is 3.90. The molecule has 2 rings (SSSR count). The third-order valence-electron chi connectivity index (χ3n) is 2.61. The zero-order valence-electron chi connectivity index (χ0n) is 9.17. The first-order valence-corrected chi connectivity index (χ1v) is 5.34. The van der Waals surface area contributed by atoms with Gasteiger partial charge < -0.3 is 15.2 Å². The predicted molar refractivity (Wildman–Crippen MR) is 59.1 cm³/mol. The lowest BCUT2D eigenvalue weighted by Gasteiger charge is -2.16. The number of primary amides is 1. The highest BCUT2D eigenvalue weighted by molar-refractivity contribution is 5.74. The molecule has 1 aromatic rings. The van der Waals surface area contributed by atoms with Gasteiger partial charge in [0.15, 0.2) is 6.10 Å². The molecule has 1 unspecified atom stereocenters. The minimum atomic E-state index is -0.883. The van der Waals surface area contributed by atoms with Crippen LogP contribution < -0.4 is 5.73 Å². The summed E-state index contributed by atoms with van der Waals surface area (Å²) in [6.07, 6.45) is -1.32. The molecule has 0 radical (unpaired) electrons. The van der Waals surface area contributed by atoms with Gasteiger partial charge in [0.05, 0.1) is 6.42 Å². The van der Waals surface area contributed by atoms with Gasteiger partial charge in [-0.3, -0.25) is 4.79 Å². The normalized spacial score (nSPS) is 23.2. The predicted octanol–water partition coefficient (Wildman–Crippen LogP) is 1.01. The van der Waals surface area contributed by atoms with E-state index < -0.39 is 18.3 Å². The van der Waals surface area contributed by atoms with Crippen LogP contribution in [0.2, 0.25) is 0 Å². The molecule has 2 N–H and O–H groups in total. The molecule has 5 heteroatoms. The highest BCUT2D eigenvalue weighted by atomic mass is 16.6. The Balaban J connectivity index is 2.03. The Morgan fingerprint density at radius 3 is 2.76 bits per heavy atom. The van der Waals surface area contributed by atoms with Crippen molar-refractivity contribution in [2.24, 2.45) is 5.73 Å². The van der Waals surface area contributed by atoms with Crippen molar-refractivity contribution in [1.82, 2.24) is 0 Å². The molecule has 17 heavy (non-hydrogen) atoms. The molecule has 1 heterocycles. The van der Waals surface area contributed by atoms with Crippen molar-refractivity contribution in [2.45, 2.75) is 25.0 Å². The molecule has 0 aliphatic carbocycles. The Morgan fingerprint density at radius 1 is 1.41 bits per heavy atom. The summed E-state index contributed by atoms with van der Waals surface area (Å²) < 4.78 is 9.97. The molecule has 1 aliphatic rings. The first-order chi connectivity index (χ1) is 8.15. The molecule has 1 amide bonds. The number of hydrogen-bond donors (Lipinski definition) is 1. The summed E-state index contributed by atoms with van der Waals surface area (Å²) in [5, 5.41) is 0. The monoisotopic (exact) mass is 235 g/mol. The van der Waals surface area contributed by atoms with E-state index in [1.54, 1.807) is 0 Å². The van der Waals surface area contributed by atoms with Crippen LogP contribution in [0.1, 0.15) is 12.0 Å². The average Bonchev–Trinajstić information content (AvgIpc) is 2.59.